The minimum absolute atomic E-state index is 0.200. The molecule has 4 nitrogen and oxygen atoms in total. The Kier molecular flexibility index (Phi) is 2.55. The van der Waals surface area contributed by atoms with Crippen molar-refractivity contribution in [1.29, 1.82) is 0 Å². The van der Waals surface area contributed by atoms with Gasteiger partial charge in [0.1, 0.15) is 6.10 Å². The number of piperidine rings is 1. The molecular weight excluding hydrogens is 182 g/mol. The summed E-state index contributed by atoms with van der Waals surface area (Å²) < 4.78 is 5.70. The van der Waals surface area contributed by atoms with Crippen molar-refractivity contribution in [2.45, 2.75) is 43.5 Å². The highest BCUT2D eigenvalue weighted by Crippen LogP contribution is 2.37. The summed E-state index contributed by atoms with van der Waals surface area (Å²) in [5.74, 6) is 0. The molecule has 2 rings (SSSR count). The molecule has 0 saturated carbocycles. The molecular formula is C10H19NO3. The maximum atomic E-state index is 10.0. The summed E-state index contributed by atoms with van der Waals surface area (Å²) in [7, 11) is 0. The van der Waals surface area contributed by atoms with Gasteiger partial charge in [-0.1, -0.05) is 0 Å². The lowest BCUT2D eigenvalue weighted by atomic mass is 9.77. The number of hydrogen-bond donors (Lipinski definition) is 3. The highest BCUT2D eigenvalue weighted by Gasteiger charge is 2.47. The number of nitrogens with one attached hydrogen (secondary N) is 1. The topological polar surface area (TPSA) is 61.7 Å². The van der Waals surface area contributed by atoms with Gasteiger partial charge in [-0.3, -0.25) is 0 Å². The van der Waals surface area contributed by atoms with Gasteiger partial charge in [-0.2, -0.15) is 0 Å². The zero-order valence-corrected chi connectivity index (χ0v) is 8.62. The second-order valence-electron chi connectivity index (χ2n) is 4.79. The van der Waals surface area contributed by atoms with E-state index >= 15 is 0 Å². The van der Waals surface area contributed by atoms with Crippen LogP contribution in [0, 0.1) is 0 Å². The fourth-order valence-corrected chi connectivity index (χ4v) is 2.46. The third-order valence-electron chi connectivity index (χ3n) is 3.46. The average Bonchev–Trinajstić information content (AvgIpc) is 2.13. The van der Waals surface area contributed by atoms with E-state index in [1.807, 2.05) is 0 Å². The fourth-order valence-electron chi connectivity index (χ4n) is 2.46. The van der Waals surface area contributed by atoms with Gasteiger partial charge in [0.15, 0.2) is 0 Å². The molecule has 2 aliphatic rings. The Hall–Kier alpha value is -0.160. The minimum atomic E-state index is -0.990. The van der Waals surface area contributed by atoms with Crippen molar-refractivity contribution in [1.82, 2.24) is 5.32 Å². The molecule has 0 unspecified atom stereocenters. The van der Waals surface area contributed by atoms with Crippen LogP contribution in [0.25, 0.3) is 0 Å². The normalized spacial score (nSPS) is 42.6. The summed E-state index contributed by atoms with van der Waals surface area (Å²) in [4.78, 5) is 0. The second kappa shape index (κ2) is 3.45. The van der Waals surface area contributed by atoms with Crippen molar-refractivity contribution in [2.75, 3.05) is 19.7 Å². The molecule has 82 valence electrons. The Labute approximate surface area is 84.3 Å². The first-order valence-corrected chi connectivity index (χ1v) is 5.29. The molecule has 1 spiro atoms. The molecule has 2 aliphatic heterocycles. The van der Waals surface area contributed by atoms with Crippen LogP contribution in [-0.4, -0.2) is 47.2 Å². The van der Waals surface area contributed by atoms with Crippen molar-refractivity contribution in [3.05, 3.63) is 0 Å². The summed E-state index contributed by atoms with van der Waals surface area (Å²) in [6, 6.07) is 0. The first-order chi connectivity index (χ1) is 6.54. The predicted molar refractivity (Wildman–Crippen MR) is 52.0 cm³/mol. The third-order valence-corrected chi connectivity index (χ3v) is 3.46. The maximum absolute atomic E-state index is 10.0. The average molecular weight is 201 g/mol. The van der Waals surface area contributed by atoms with Gasteiger partial charge < -0.3 is 20.3 Å². The summed E-state index contributed by atoms with van der Waals surface area (Å²) in [5, 5.41) is 22.8. The monoisotopic (exact) mass is 201 g/mol. The van der Waals surface area contributed by atoms with Crippen molar-refractivity contribution in [2.24, 2.45) is 0 Å². The summed E-state index contributed by atoms with van der Waals surface area (Å²) >= 11 is 0. The van der Waals surface area contributed by atoms with E-state index in [0.29, 0.717) is 6.42 Å². The lowest BCUT2D eigenvalue weighted by Crippen LogP contribution is -2.58. The van der Waals surface area contributed by atoms with Crippen LogP contribution < -0.4 is 5.32 Å². The number of aliphatic hydroxyl groups is 2. The molecule has 0 aromatic carbocycles. The van der Waals surface area contributed by atoms with Crippen molar-refractivity contribution < 1.29 is 14.9 Å². The van der Waals surface area contributed by atoms with Crippen molar-refractivity contribution in [3.8, 4) is 0 Å². The molecule has 0 aromatic heterocycles. The smallest absolute Gasteiger partial charge is 0.106 e. The SMILES string of the molecule is C[C@]1(O)CC2(CCNCC2)OC[C@@H]1O. The molecule has 3 N–H and O–H groups in total. The molecule has 0 amide bonds. The van der Waals surface area contributed by atoms with E-state index in [-0.39, 0.29) is 12.2 Å². The molecule has 0 radical (unpaired) electrons. The summed E-state index contributed by atoms with van der Waals surface area (Å²) in [6.07, 6.45) is 1.65. The lowest BCUT2D eigenvalue weighted by molar-refractivity contribution is -0.217. The Bertz CT molecular complexity index is 211. The molecule has 2 atom stereocenters. The van der Waals surface area contributed by atoms with Gasteiger partial charge in [0.25, 0.3) is 0 Å². The number of hydrogen-bond acceptors (Lipinski definition) is 4. The standard InChI is InChI=1S/C10H19NO3/c1-9(13)7-10(14-6-8(9)12)2-4-11-5-3-10/h8,11-13H,2-7H2,1H3/t8-,9-/m0/s1. The Morgan fingerprint density at radius 3 is 2.57 bits per heavy atom. The van der Waals surface area contributed by atoms with E-state index in [2.05, 4.69) is 5.32 Å². The van der Waals surface area contributed by atoms with Gasteiger partial charge in [0.05, 0.1) is 17.8 Å². The van der Waals surface area contributed by atoms with Gasteiger partial charge >= 0.3 is 0 Å². The molecule has 4 heteroatoms. The first-order valence-electron chi connectivity index (χ1n) is 5.29. The van der Waals surface area contributed by atoms with Crippen LogP contribution in [0.15, 0.2) is 0 Å². The van der Waals surface area contributed by atoms with Gasteiger partial charge in [-0.15, -0.1) is 0 Å². The maximum Gasteiger partial charge on any atom is 0.106 e. The van der Waals surface area contributed by atoms with E-state index in [4.69, 9.17) is 4.74 Å². The fraction of sp³-hybridized carbons (Fsp3) is 1.00. The predicted octanol–water partition coefficient (Wildman–Crippen LogP) is -0.359. The van der Waals surface area contributed by atoms with Crippen LogP contribution in [0.2, 0.25) is 0 Å². The van der Waals surface area contributed by atoms with Gasteiger partial charge in [-0.05, 0) is 32.9 Å². The largest absolute Gasteiger partial charge is 0.388 e. The third kappa shape index (κ3) is 1.80. The zero-order chi connectivity index (χ0) is 10.2. The van der Waals surface area contributed by atoms with Crippen molar-refractivity contribution >= 4 is 0 Å². The second-order valence-corrected chi connectivity index (χ2v) is 4.79. The van der Waals surface area contributed by atoms with Crippen LogP contribution in [0.1, 0.15) is 26.2 Å². The highest BCUT2D eigenvalue weighted by atomic mass is 16.5. The molecule has 0 bridgehead atoms. The molecule has 14 heavy (non-hydrogen) atoms. The van der Waals surface area contributed by atoms with E-state index < -0.39 is 11.7 Å². The highest BCUT2D eigenvalue weighted by molar-refractivity contribution is 4.99. The molecule has 2 heterocycles. The molecule has 2 fully saturated rings. The van der Waals surface area contributed by atoms with E-state index in [9.17, 15) is 10.2 Å². The Morgan fingerprint density at radius 2 is 2.00 bits per heavy atom. The summed E-state index contributed by atoms with van der Waals surface area (Å²) in [5.41, 5.74) is -1.19. The van der Waals surface area contributed by atoms with E-state index in [1.54, 1.807) is 6.92 Å². The van der Waals surface area contributed by atoms with Crippen LogP contribution in [0.4, 0.5) is 0 Å². The first kappa shape index (κ1) is 10.4. The molecule has 0 aliphatic carbocycles. The molecule has 0 aromatic rings. The van der Waals surface area contributed by atoms with Gasteiger partial charge in [0, 0.05) is 6.42 Å². The number of aliphatic hydroxyl groups excluding tert-OH is 1. The van der Waals surface area contributed by atoms with E-state index in [0.717, 1.165) is 25.9 Å². The minimum Gasteiger partial charge on any atom is -0.388 e. The van der Waals surface area contributed by atoms with Crippen LogP contribution in [0.3, 0.4) is 0 Å². The van der Waals surface area contributed by atoms with E-state index in [1.165, 1.54) is 0 Å². The van der Waals surface area contributed by atoms with Crippen molar-refractivity contribution in [3.63, 3.8) is 0 Å². The summed E-state index contributed by atoms with van der Waals surface area (Å²) in [6.45, 7) is 3.83. The molecule has 2 saturated heterocycles. The van der Waals surface area contributed by atoms with Crippen LogP contribution in [-0.2, 0) is 4.74 Å². The Balaban J connectivity index is 2.07. The number of rotatable bonds is 0. The van der Waals surface area contributed by atoms with Crippen LogP contribution in [0.5, 0.6) is 0 Å². The zero-order valence-electron chi connectivity index (χ0n) is 8.62. The Morgan fingerprint density at radius 1 is 1.36 bits per heavy atom. The van der Waals surface area contributed by atoms with Gasteiger partial charge in [0.2, 0.25) is 0 Å². The van der Waals surface area contributed by atoms with Crippen LogP contribution >= 0.6 is 0 Å². The van der Waals surface area contributed by atoms with Gasteiger partial charge in [-0.25, -0.2) is 0 Å². The quantitative estimate of drug-likeness (QED) is 0.501. The number of ether oxygens (including phenoxy) is 1. The lowest BCUT2D eigenvalue weighted by Gasteiger charge is -2.48.